The van der Waals surface area contributed by atoms with Gasteiger partial charge in [0.25, 0.3) is 0 Å². The number of para-hydroxylation sites is 1. The highest BCUT2D eigenvalue weighted by atomic mass is 14.8. The van der Waals surface area contributed by atoms with Crippen LogP contribution in [0.5, 0.6) is 0 Å². The molecule has 0 radical (unpaired) electrons. The van der Waals surface area contributed by atoms with Gasteiger partial charge in [0.05, 0.1) is 11.4 Å². The fourth-order valence-corrected chi connectivity index (χ4v) is 9.94. The molecule has 0 bridgehead atoms. The highest BCUT2D eigenvalue weighted by molar-refractivity contribution is 6.22. The fourth-order valence-electron chi connectivity index (χ4n) is 9.94. The summed E-state index contributed by atoms with van der Waals surface area (Å²) < 4.78 is 0. The van der Waals surface area contributed by atoms with E-state index in [9.17, 15) is 0 Å². The lowest BCUT2D eigenvalue weighted by Crippen LogP contribution is -2.11. The topological polar surface area (TPSA) is 12.4 Å². The Morgan fingerprint density at radius 3 is 1.45 bits per heavy atom. The van der Waals surface area contributed by atoms with E-state index in [-0.39, 0.29) is 5.92 Å². The van der Waals surface area contributed by atoms with Gasteiger partial charge in [-0.15, -0.1) is 0 Å². The van der Waals surface area contributed by atoms with Crippen molar-refractivity contribution in [1.82, 2.24) is 0 Å². The molecular formula is C59H39N. The standard InChI is InChI=1S/C59H39N/c1-3-13-38(14-4-1)40-23-27-42(28-24-40)57-49-19-8-9-20-50(49)58(43-29-25-41(26-30-43)39-15-5-2-6-16-39)54-36-45(33-34-51(54)57)44-31-32-46-37-55-48-18-11-12-22-56(48)60-59(55)52-21-10-7-17-47(52)53(46)35-44/h1-36,55H,37H2. The summed E-state index contributed by atoms with van der Waals surface area (Å²) in [6.45, 7) is 0. The smallest absolute Gasteiger partial charge is 0.0672 e. The molecule has 280 valence electrons. The number of fused-ring (bicyclic) bond motifs is 9. The molecule has 1 heteroatoms. The quantitative estimate of drug-likeness (QED) is 0.155. The van der Waals surface area contributed by atoms with Crippen LogP contribution < -0.4 is 0 Å². The predicted octanol–water partition coefficient (Wildman–Crippen LogP) is 15.8. The van der Waals surface area contributed by atoms with Gasteiger partial charge in [0, 0.05) is 11.5 Å². The minimum Gasteiger partial charge on any atom is -0.252 e. The van der Waals surface area contributed by atoms with Crippen molar-refractivity contribution in [2.75, 3.05) is 0 Å². The van der Waals surface area contributed by atoms with Gasteiger partial charge in [0.1, 0.15) is 0 Å². The first-order valence-corrected chi connectivity index (χ1v) is 21.0. The molecule has 0 amide bonds. The number of nitrogens with zero attached hydrogens (tertiary/aromatic N) is 1. The fraction of sp³-hybridized carbons (Fsp3) is 0.0339. The Balaban J connectivity index is 1.06. The summed E-state index contributed by atoms with van der Waals surface area (Å²) in [4.78, 5) is 5.23. The normalized spacial score (nSPS) is 13.9. The van der Waals surface area contributed by atoms with Gasteiger partial charge < -0.3 is 0 Å². The van der Waals surface area contributed by atoms with E-state index in [1.807, 2.05) is 0 Å². The predicted molar refractivity (Wildman–Crippen MR) is 253 cm³/mol. The van der Waals surface area contributed by atoms with Crippen molar-refractivity contribution in [2.45, 2.75) is 12.3 Å². The summed E-state index contributed by atoms with van der Waals surface area (Å²) in [5.74, 6) is 0.249. The molecule has 60 heavy (non-hydrogen) atoms. The summed E-state index contributed by atoms with van der Waals surface area (Å²) in [6, 6.07) is 80.4. The summed E-state index contributed by atoms with van der Waals surface area (Å²) in [7, 11) is 0. The van der Waals surface area contributed by atoms with Crippen LogP contribution >= 0.6 is 0 Å². The van der Waals surface area contributed by atoms with Crippen molar-refractivity contribution < 1.29 is 0 Å². The third-order valence-electron chi connectivity index (χ3n) is 12.8. The Kier molecular flexibility index (Phi) is 8.06. The molecular weight excluding hydrogens is 723 g/mol. The lowest BCUT2D eigenvalue weighted by Gasteiger charge is -2.19. The zero-order chi connectivity index (χ0) is 39.6. The maximum atomic E-state index is 5.23. The lowest BCUT2D eigenvalue weighted by molar-refractivity contribution is 0.905. The first kappa shape index (κ1) is 34.4. The largest absolute Gasteiger partial charge is 0.252 e. The number of aliphatic imine (C=N–C) groups is 1. The van der Waals surface area contributed by atoms with E-state index in [4.69, 9.17) is 4.99 Å². The monoisotopic (exact) mass is 761 g/mol. The van der Waals surface area contributed by atoms with Crippen LogP contribution in [-0.2, 0) is 6.42 Å². The van der Waals surface area contributed by atoms with E-state index < -0.39 is 0 Å². The van der Waals surface area contributed by atoms with E-state index in [2.05, 4.69) is 218 Å². The number of benzene rings is 10. The van der Waals surface area contributed by atoms with E-state index in [0.717, 1.165) is 12.1 Å². The highest BCUT2D eigenvalue weighted by Gasteiger charge is 2.33. The average Bonchev–Trinajstić information content (AvgIpc) is 3.62. The van der Waals surface area contributed by atoms with Crippen LogP contribution in [0.3, 0.4) is 0 Å². The highest BCUT2D eigenvalue weighted by Crippen LogP contribution is 2.48. The summed E-state index contributed by atoms with van der Waals surface area (Å²) >= 11 is 0. The van der Waals surface area contributed by atoms with Gasteiger partial charge in [-0.1, -0.05) is 200 Å². The Bertz CT molecular complexity index is 3300. The van der Waals surface area contributed by atoms with Crippen molar-refractivity contribution in [3.63, 3.8) is 0 Å². The molecule has 0 spiro atoms. The van der Waals surface area contributed by atoms with Gasteiger partial charge in [0.15, 0.2) is 0 Å². The Hall–Kier alpha value is -7.61. The number of rotatable bonds is 5. The molecule has 1 nitrogen and oxygen atoms in total. The Labute approximate surface area is 350 Å². The van der Waals surface area contributed by atoms with E-state index in [0.29, 0.717) is 0 Å². The lowest BCUT2D eigenvalue weighted by atomic mass is 9.84. The van der Waals surface area contributed by atoms with Crippen LogP contribution in [-0.4, -0.2) is 5.71 Å². The number of hydrogen-bond donors (Lipinski definition) is 0. The molecule has 10 aromatic rings. The Morgan fingerprint density at radius 1 is 0.317 bits per heavy atom. The molecule has 1 aliphatic heterocycles. The van der Waals surface area contributed by atoms with Crippen LogP contribution in [0.25, 0.3) is 88.3 Å². The van der Waals surface area contributed by atoms with Crippen molar-refractivity contribution in [3.05, 3.63) is 235 Å². The zero-order valence-corrected chi connectivity index (χ0v) is 33.0. The summed E-state index contributed by atoms with van der Waals surface area (Å²) in [5.41, 5.74) is 21.0. The van der Waals surface area contributed by atoms with Crippen LogP contribution in [0.4, 0.5) is 5.69 Å². The maximum Gasteiger partial charge on any atom is 0.0672 e. The third kappa shape index (κ3) is 5.66. The van der Waals surface area contributed by atoms with Crippen LogP contribution in [0.15, 0.2) is 223 Å². The van der Waals surface area contributed by atoms with Crippen molar-refractivity contribution in [2.24, 2.45) is 4.99 Å². The van der Waals surface area contributed by atoms with Crippen molar-refractivity contribution in [1.29, 1.82) is 0 Å². The molecule has 1 aliphatic carbocycles. The Morgan fingerprint density at radius 2 is 0.783 bits per heavy atom. The van der Waals surface area contributed by atoms with Crippen LogP contribution in [0.1, 0.15) is 22.6 Å². The minimum atomic E-state index is 0.249. The van der Waals surface area contributed by atoms with Gasteiger partial charge in [0.2, 0.25) is 0 Å². The number of hydrogen-bond acceptors (Lipinski definition) is 1. The van der Waals surface area contributed by atoms with E-state index in [1.165, 1.54) is 111 Å². The molecule has 0 saturated carbocycles. The first-order chi connectivity index (χ1) is 29.7. The second-order valence-corrected chi connectivity index (χ2v) is 16.2. The molecule has 0 saturated heterocycles. The van der Waals surface area contributed by atoms with Gasteiger partial charge in [-0.25, -0.2) is 0 Å². The van der Waals surface area contributed by atoms with Crippen molar-refractivity contribution >= 4 is 32.9 Å². The molecule has 1 heterocycles. The third-order valence-corrected chi connectivity index (χ3v) is 12.8. The van der Waals surface area contributed by atoms with Gasteiger partial charge >= 0.3 is 0 Å². The van der Waals surface area contributed by atoms with Gasteiger partial charge in [-0.2, -0.15) is 0 Å². The molecule has 12 rings (SSSR count). The minimum absolute atomic E-state index is 0.249. The molecule has 2 aliphatic rings. The van der Waals surface area contributed by atoms with Crippen LogP contribution in [0, 0.1) is 0 Å². The van der Waals surface area contributed by atoms with E-state index in [1.54, 1.807) is 0 Å². The molecule has 1 atom stereocenters. The van der Waals surface area contributed by atoms with Gasteiger partial charge in [-0.3, -0.25) is 4.99 Å². The molecule has 10 aromatic carbocycles. The van der Waals surface area contributed by atoms with Crippen molar-refractivity contribution in [3.8, 4) is 66.8 Å². The van der Waals surface area contributed by atoms with E-state index >= 15 is 0 Å². The summed E-state index contributed by atoms with van der Waals surface area (Å²) in [5, 5.41) is 5.00. The maximum absolute atomic E-state index is 5.23. The second kappa shape index (κ2) is 14.0. The SMILES string of the molecule is c1ccc(-c2ccc(-c3c4ccccc4c(-c4ccc(-c5ccccc5)cc4)c4cc(-c5ccc6c(c5)-c5ccccc5C5=Nc7ccccc7C5C6)ccc34)cc2)cc1. The van der Waals surface area contributed by atoms with Gasteiger partial charge in [-0.05, 0) is 124 Å². The molecule has 0 aromatic heterocycles. The average molecular weight is 762 g/mol. The first-order valence-electron chi connectivity index (χ1n) is 21.0. The molecule has 0 N–H and O–H groups in total. The van der Waals surface area contributed by atoms with Crippen LogP contribution in [0.2, 0.25) is 0 Å². The molecule has 1 unspecified atom stereocenters. The zero-order valence-electron chi connectivity index (χ0n) is 33.0. The summed E-state index contributed by atoms with van der Waals surface area (Å²) in [6.07, 6.45) is 0.930. The molecule has 0 fully saturated rings. The second-order valence-electron chi connectivity index (χ2n) is 16.2.